The van der Waals surface area contributed by atoms with Crippen LogP contribution in [0.4, 0.5) is 4.39 Å². The predicted octanol–water partition coefficient (Wildman–Crippen LogP) is 3.77. The molecule has 21 heavy (non-hydrogen) atoms. The summed E-state index contributed by atoms with van der Waals surface area (Å²) in [4.78, 5) is 14.4. The third-order valence-electron chi connectivity index (χ3n) is 3.73. The van der Waals surface area contributed by atoms with Crippen LogP contribution in [0.15, 0.2) is 18.2 Å². The van der Waals surface area contributed by atoms with Gasteiger partial charge < -0.3 is 9.64 Å². The number of nitrogens with zero attached hydrogens (tertiary/aromatic N) is 1. The molecule has 1 aromatic carbocycles. The fraction of sp³-hybridized carbons (Fsp3) is 0.588. The molecule has 0 radical (unpaired) electrons. The SMILES string of the molecule is COc1cccc(F)c1C(=O)CCN(C)C(C)CC(C)C. The molecule has 0 bridgehead atoms. The fourth-order valence-electron chi connectivity index (χ4n) is 2.43. The van der Waals surface area contributed by atoms with Gasteiger partial charge in [-0.1, -0.05) is 19.9 Å². The van der Waals surface area contributed by atoms with E-state index in [1.807, 2.05) is 7.05 Å². The molecule has 0 aromatic heterocycles. The van der Waals surface area contributed by atoms with Crippen molar-refractivity contribution >= 4 is 5.78 Å². The summed E-state index contributed by atoms with van der Waals surface area (Å²) in [6.07, 6.45) is 1.37. The minimum atomic E-state index is -0.516. The molecular formula is C17H26FNO2. The number of Topliss-reactive ketones (excluding diaryl/α,β-unsaturated/α-hetero) is 1. The Morgan fingerprint density at radius 1 is 1.33 bits per heavy atom. The quantitative estimate of drug-likeness (QED) is 0.684. The number of halogens is 1. The summed E-state index contributed by atoms with van der Waals surface area (Å²) in [5.74, 6) is 0.188. The van der Waals surface area contributed by atoms with Crippen molar-refractivity contribution in [2.45, 2.75) is 39.7 Å². The van der Waals surface area contributed by atoms with Gasteiger partial charge in [0.05, 0.1) is 12.7 Å². The van der Waals surface area contributed by atoms with Gasteiger partial charge in [-0.25, -0.2) is 4.39 Å². The van der Waals surface area contributed by atoms with Crippen LogP contribution >= 0.6 is 0 Å². The Morgan fingerprint density at radius 3 is 2.57 bits per heavy atom. The fourth-order valence-corrected chi connectivity index (χ4v) is 2.43. The van der Waals surface area contributed by atoms with E-state index < -0.39 is 5.82 Å². The number of hydrogen-bond acceptors (Lipinski definition) is 3. The molecule has 0 amide bonds. The van der Waals surface area contributed by atoms with Gasteiger partial charge in [-0.15, -0.1) is 0 Å². The molecular weight excluding hydrogens is 269 g/mol. The molecule has 0 aliphatic heterocycles. The number of rotatable bonds is 8. The van der Waals surface area contributed by atoms with E-state index in [-0.39, 0.29) is 17.8 Å². The van der Waals surface area contributed by atoms with Crippen LogP contribution in [0.1, 0.15) is 44.0 Å². The zero-order chi connectivity index (χ0) is 16.0. The summed E-state index contributed by atoms with van der Waals surface area (Å²) in [5, 5.41) is 0. The molecule has 1 aromatic rings. The monoisotopic (exact) mass is 295 g/mol. The van der Waals surface area contributed by atoms with E-state index in [0.717, 1.165) is 6.42 Å². The maximum Gasteiger partial charge on any atom is 0.170 e. The van der Waals surface area contributed by atoms with Gasteiger partial charge in [0.1, 0.15) is 11.6 Å². The molecule has 118 valence electrons. The lowest BCUT2D eigenvalue weighted by Crippen LogP contribution is -2.32. The van der Waals surface area contributed by atoms with E-state index in [2.05, 4.69) is 25.7 Å². The van der Waals surface area contributed by atoms with Crippen molar-refractivity contribution in [2.24, 2.45) is 5.92 Å². The molecule has 1 unspecified atom stereocenters. The Morgan fingerprint density at radius 2 is 2.00 bits per heavy atom. The van der Waals surface area contributed by atoms with Gasteiger partial charge in [-0.2, -0.15) is 0 Å². The third-order valence-corrected chi connectivity index (χ3v) is 3.73. The first-order valence-electron chi connectivity index (χ1n) is 7.42. The lowest BCUT2D eigenvalue weighted by atomic mass is 10.0. The molecule has 3 nitrogen and oxygen atoms in total. The summed E-state index contributed by atoms with van der Waals surface area (Å²) in [6, 6.07) is 4.85. The van der Waals surface area contributed by atoms with E-state index in [0.29, 0.717) is 24.3 Å². The highest BCUT2D eigenvalue weighted by atomic mass is 19.1. The van der Waals surface area contributed by atoms with Crippen molar-refractivity contribution in [1.29, 1.82) is 0 Å². The van der Waals surface area contributed by atoms with Gasteiger partial charge in [0, 0.05) is 19.0 Å². The number of ether oxygens (including phenoxy) is 1. The Labute approximate surface area is 127 Å². The van der Waals surface area contributed by atoms with E-state index in [9.17, 15) is 9.18 Å². The Kier molecular flexibility index (Phi) is 6.82. The van der Waals surface area contributed by atoms with Gasteiger partial charge in [-0.3, -0.25) is 4.79 Å². The van der Waals surface area contributed by atoms with E-state index >= 15 is 0 Å². The van der Waals surface area contributed by atoms with Crippen molar-refractivity contribution in [2.75, 3.05) is 20.7 Å². The minimum absolute atomic E-state index is 0.0601. The van der Waals surface area contributed by atoms with Crippen LogP contribution in [0, 0.1) is 11.7 Å². The second kappa shape index (κ2) is 8.13. The van der Waals surface area contributed by atoms with Crippen LogP contribution < -0.4 is 4.74 Å². The molecule has 0 heterocycles. The highest BCUT2D eigenvalue weighted by Crippen LogP contribution is 2.23. The highest BCUT2D eigenvalue weighted by molar-refractivity contribution is 5.99. The molecule has 0 aliphatic carbocycles. The molecule has 0 aliphatic rings. The maximum absolute atomic E-state index is 13.8. The smallest absolute Gasteiger partial charge is 0.170 e. The number of ketones is 1. The molecule has 0 spiro atoms. The average molecular weight is 295 g/mol. The summed E-state index contributed by atoms with van der Waals surface area (Å²) in [5.41, 5.74) is 0.0601. The first kappa shape index (κ1) is 17.6. The Bertz CT molecular complexity index is 474. The number of carbonyl (C=O) groups is 1. The summed E-state index contributed by atoms with van der Waals surface area (Å²) in [7, 11) is 3.45. The Balaban J connectivity index is 2.66. The predicted molar refractivity (Wildman–Crippen MR) is 83.4 cm³/mol. The van der Waals surface area contributed by atoms with E-state index in [4.69, 9.17) is 4.74 Å². The average Bonchev–Trinajstić information content (AvgIpc) is 2.43. The zero-order valence-corrected chi connectivity index (χ0v) is 13.6. The molecule has 1 rings (SSSR count). The summed E-state index contributed by atoms with van der Waals surface area (Å²) in [6.45, 7) is 7.12. The molecule has 0 saturated heterocycles. The normalized spacial score (nSPS) is 12.8. The maximum atomic E-state index is 13.8. The first-order valence-corrected chi connectivity index (χ1v) is 7.42. The van der Waals surface area contributed by atoms with Crippen LogP contribution in [0.3, 0.4) is 0 Å². The van der Waals surface area contributed by atoms with Gasteiger partial charge in [0.2, 0.25) is 0 Å². The topological polar surface area (TPSA) is 29.5 Å². The lowest BCUT2D eigenvalue weighted by Gasteiger charge is -2.25. The third kappa shape index (κ3) is 5.12. The van der Waals surface area contributed by atoms with E-state index in [1.54, 1.807) is 12.1 Å². The second-order valence-corrected chi connectivity index (χ2v) is 5.95. The van der Waals surface area contributed by atoms with Crippen molar-refractivity contribution in [3.8, 4) is 5.75 Å². The van der Waals surface area contributed by atoms with Crippen LogP contribution in [0.25, 0.3) is 0 Å². The molecule has 0 N–H and O–H groups in total. The van der Waals surface area contributed by atoms with Crippen molar-refractivity contribution < 1.29 is 13.9 Å². The van der Waals surface area contributed by atoms with E-state index in [1.165, 1.54) is 13.2 Å². The lowest BCUT2D eigenvalue weighted by molar-refractivity contribution is 0.0952. The van der Waals surface area contributed by atoms with Crippen molar-refractivity contribution in [3.63, 3.8) is 0 Å². The van der Waals surface area contributed by atoms with Gasteiger partial charge >= 0.3 is 0 Å². The largest absolute Gasteiger partial charge is 0.496 e. The highest BCUT2D eigenvalue weighted by Gasteiger charge is 2.19. The van der Waals surface area contributed by atoms with Crippen LogP contribution in [-0.4, -0.2) is 37.4 Å². The zero-order valence-electron chi connectivity index (χ0n) is 13.6. The van der Waals surface area contributed by atoms with Gasteiger partial charge in [0.15, 0.2) is 5.78 Å². The number of carbonyl (C=O) groups excluding carboxylic acids is 1. The molecule has 4 heteroatoms. The Hall–Kier alpha value is -1.42. The molecule has 0 fully saturated rings. The minimum Gasteiger partial charge on any atom is -0.496 e. The standard InChI is InChI=1S/C17H26FNO2/c1-12(2)11-13(3)19(4)10-9-15(20)17-14(18)7-6-8-16(17)21-5/h6-8,12-13H,9-11H2,1-5H3. The molecule has 0 saturated carbocycles. The van der Waals surface area contributed by atoms with Gasteiger partial charge in [0.25, 0.3) is 0 Å². The molecule has 1 atom stereocenters. The second-order valence-electron chi connectivity index (χ2n) is 5.95. The first-order chi connectivity index (χ1) is 9.86. The number of methoxy groups -OCH3 is 1. The van der Waals surface area contributed by atoms with Crippen LogP contribution in [0.5, 0.6) is 5.75 Å². The van der Waals surface area contributed by atoms with Crippen molar-refractivity contribution in [3.05, 3.63) is 29.6 Å². The number of hydrogen-bond donors (Lipinski definition) is 0. The van der Waals surface area contributed by atoms with Crippen LogP contribution in [-0.2, 0) is 0 Å². The van der Waals surface area contributed by atoms with Crippen LogP contribution in [0.2, 0.25) is 0 Å². The summed E-state index contributed by atoms with van der Waals surface area (Å²) < 4.78 is 18.9. The number of benzene rings is 1. The van der Waals surface area contributed by atoms with Gasteiger partial charge in [-0.05, 0) is 38.4 Å². The summed E-state index contributed by atoms with van der Waals surface area (Å²) >= 11 is 0. The van der Waals surface area contributed by atoms with Crippen molar-refractivity contribution in [1.82, 2.24) is 4.90 Å².